The molecule has 19 heavy (non-hydrogen) atoms. The maximum Gasteiger partial charge on any atom is 0.0666 e. The number of benzene rings is 1. The lowest BCUT2D eigenvalue weighted by Gasteiger charge is -2.08. The van der Waals surface area contributed by atoms with Crippen LogP contribution in [0.4, 0.5) is 11.4 Å². The molecule has 0 fully saturated rings. The van der Waals surface area contributed by atoms with Gasteiger partial charge < -0.3 is 11.1 Å². The minimum Gasteiger partial charge on any atom is -0.398 e. The standard InChI is InChI=1S/C14H14N4S/c15-13-5-8-19-14(13)10-16-11-3-1-4-12(9-11)18-7-2-6-17-18/h1-9,16H,10,15H2. The predicted molar refractivity (Wildman–Crippen MR) is 79.6 cm³/mol. The van der Waals surface area contributed by atoms with Gasteiger partial charge in [0.15, 0.2) is 0 Å². The SMILES string of the molecule is Nc1ccsc1CNc1cccc(-n2cccn2)c1. The van der Waals surface area contributed by atoms with E-state index in [0.29, 0.717) is 0 Å². The van der Waals surface area contributed by atoms with Gasteiger partial charge in [-0.05, 0) is 35.7 Å². The fourth-order valence-electron chi connectivity index (χ4n) is 1.86. The molecule has 0 unspecified atom stereocenters. The molecule has 96 valence electrons. The number of hydrogen-bond donors (Lipinski definition) is 2. The van der Waals surface area contributed by atoms with Crippen molar-refractivity contribution in [1.29, 1.82) is 0 Å². The van der Waals surface area contributed by atoms with Gasteiger partial charge in [0.2, 0.25) is 0 Å². The summed E-state index contributed by atoms with van der Waals surface area (Å²) in [6.45, 7) is 0.742. The Morgan fingerprint density at radius 2 is 2.21 bits per heavy atom. The number of nitrogens with one attached hydrogen (secondary N) is 1. The largest absolute Gasteiger partial charge is 0.398 e. The Morgan fingerprint density at radius 3 is 2.95 bits per heavy atom. The number of anilines is 2. The molecule has 3 aromatic rings. The van der Waals surface area contributed by atoms with Crippen molar-refractivity contribution >= 4 is 22.7 Å². The van der Waals surface area contributed by atoms with E-state index in [2.05, 4.69) is 16.5 Å². The van der Waals surface area contributed by atoms with Crippen molar-refractivity contribution in [3.05, 3.63) is 59.0 Å². The van der Waals surface area contributed by atoms with E-state index in [9.17, 15) is 0 Å². The highest BCUT2D eigenvalue weighted by molar-refractivity contribution is 7.10. The van der Waals surface area contributed by atoms with Gasteiger partial charge in [0.25, 0.3) is 0 Å². The van der Waals surface area contributed by atoms with Crippen molar-refractivity contribution in [2.24, 2.45) is 0 Å². The summed E-state index contributed by atoms with van der Waals surface area (Å²) < 4.78 is 1.84. The lowest BCUT2D eigenvalue weighted by atomic mass is 10.2. The molecule has 2 aromatic heterocycles. The number of nitrogens with zero attached hydrogens (tertiary/aromatic N) is 2. The van der Waals surface area contributed by atoms with Crippen LogP contribution in [0.3, 0.4) is 0 Å². The molecule has 2 heterocycles. The van der Waals surface area contributed by atoms with Crippen LogP contribution >= 0.6 is 11.3 Å². The van der Waals surface area contributed by atoms with Crippen molar-refractivity contribution in [2.75, 3.05) is 11.1 Å². The Hall–Kier alpha value is -2.27. The molecule has 0 aliphatic heterocycles. The Labute approximate surface area is 115 Å². The molecule has 1 aromatic carbocycles. The van der Waals surface area contributed by atoms with E-state index in [0.717, 1.165) is 28.5 Å². The number of nitrogen functional groups attached to an aromatic ring is 1. The molecule has 3 rings (SSSR count). The number of thiophene rings is 1. The van der Waals surface area contributed by atoms with E-state index in [-0.39, 0.29) is 0 Å². The van der Waals surface area contributed by atoms with Crippen LogP contribution in [0.1, 0.15) is 4.88 Å². The molecule has 0 bridgehead atoms. The first-order valence-corrected chi connectivity index (χ1v) is 6.87. The zero-order chi connectivity index (χ0) is 13.1. The lowest BCUT2D eigenvalue weighted by Crippen LogP contribution is -2.01. The summed E-state index contributed by atoms with van der Waals surface area (Å²) in [5.74, 6) is 0. The molecule has 0 radical (unpaired) electrons. The van der Waals surface area contributed by atoms with Gasteiger partial charge in [-0.2, -0.15) is 5.10 Å². The van der Waals surface area contributed by atoms with Gasteiger partial charge in [-0.3, -0.25) is 0 Å². The first-order chi connectivity index (χ1) is 9.33. The molecule has 0 saturated carbocycles. The van der Waals surface area contributed by atoms with Crippen LogP contribution in [-0.4, -0.2) is 9.78 Å². The molecular formula is C14H14N4S. The smallest absolute Gasteiger partial charge is 0.0666 e. The molecule has 4 nitrogen and oxygen atoms in total. The molecule has 5 heteroatoms. The van der Waals surface area contributed by atoms with E-state index in [1.807, 2.05) is 46.6 Å². The maximum absolute atomic E-state index is 5.87. The normalized spacial score (nSPS) is 10.5. The molecule has 0 aliphatic carbocycles. The second-order valence-corrected chi connectivity index (χ2v) is 5.15. The Kier molecular flexibility index (Phi) is 3.20. The third-order valence-electron chi connectivity index (χ3n) is 2.85. The van der Waals surface area contributed by atoms with Crippen LogP contribution in [0.15, 0.2) is 54.2 Å². The summed E-state index contributed by atoms with van der Waals surface area (Å²) in [6.07, 6.45) is 3.70. The van der Waals surface area contributed by atoms with Crippen molar-refractivity contribution in [3.63, 3.8) is 0 Å². The van der Waals surface area contributed by atoms with Gasteiger partial charge in [0, 0.05) is 28.6 Å². The average Bonchev–Trinajstić information content (AvgIpc) is 3.08. The van der Waals surface area contributed by atoms with Crippen LogP contribution in [0.2, 0.25) is 0 Å². The Bertz CT molecular complexity index is 658. The van der Waals surface area contributed by atoms with Crippen molar-refractivity contribution < 1.29 is 0 Å². The highest BCUT2D eigenvalue weighted by atomic mass is 32.1. The Balaban J connectivity index is 1.75. The highest BCUT2D eigenvalue weighted by Gasteiger charge is 2.02. The molecule has 3 N–H and O–H groups in total. The van der Waals surface area contributed by atoms with E-state index in [1.165, 1.54) is 0 Å². The highest BCUT2D eigenvalue weighted by Crippen LogP contribution is 2.21. The van der Waals surface area contributed by atoms with Gasteiger partial charge in [0.05, 0.1) is 12.2 Å². The minimum atomic E-state index is 0.742. The van der Waals surface area contributed by atoms with Gasteiger partial charge in [-0.1, -0.05) is 6.07 Å². The first kappa shape index (κ1) is 11.8. The molecular weight excluding hydrogens is 256 g/mol. The van der Waals surface area contributed by atoms with E-state index >= 15 is 0 Å². The van der Waals surface area contributed by atoms with Crippen LogP contribution in [0.25, 0.3) is 5.69 Å². The predicted octanol–water partition coefficient (Wildman–Crippen LogP) is 3.13. The summed E-state index contributed by atoms with van der Waals surface area (Å²) in [5.41, 5.74) is 8.81. The zero-order valence-electron chi connectivity index (χ0n) is 10.3. The lowest BCUT2D eigenvalue weighted by molar-refractivity contribution is 0.880. The summed E-state index contributed by atoms with van der Waals surface area (Å²) >= 11 is 1.67. The molecule has 0 atom stereocenters. The third-order valence-corrected chi connectivity index (χ3v) is 3.78. The van der Waals surface area contributed by atoms with Gasteiger partial charge in [-0.25, -0.2) is 4.68 Å². The molecule has 0 amide bonds. The quantitative estimate of drug-likeness (QED) is 0.766. The summed E-state index contributed by atoms with van der Waals surface area (Å²) in [4.78, 5) is 1.16. The fraction of sp³-hybridized carbons (Fsp3) is 0.0714. The van der Waals surface area contributed by atoms with Crippen molar-refractivity contribution in [3.8, 4) is 5.69 Å². The summed E-state index contributed by atoms with van der Waals surface area (Å²) in [5, 5.41) is 9.61. The van der Waals surface area contributed by atoms with E-state index in [4.69, 9.17) is 5.73 Å². The van der Waals surface area contributed by atoms with Crippen LogP contribution < -0.4 is 11.1 Å². The Morgan fingerprint density at radius 1 is 1.26 bits per heavy atom. The van der Waals surface area contributed by atoms with Crippen molar-refractivity contribution in [1.82, 2.24) is 9.78 Å². The summed E-state index contributed by atoms with van der Waals surface area (Å²) in [6, 6.07) is 12.0. The zero-order valence-corrected chi connectivity index (χ0v) is 11.1. The number of aromatic nitrogens is 2. The number of rotatable bonds is 4. The van der Waals surface area contributed by atoms with Gasteiger partial charge in [0.1, 0.15) is 0 Å². The minimum absolute atomic E-state index is 0.742. The number of hydrogen-bond acceptors (Lipinski definition) is 4. The molecule has 0 saturated heterocycles. The topological polar surface area (TPSA) is 55.9 Å². The fourth-order valence-corrected chi connectivity index (χ4v) is 2.59. The van der Waals surface area contributed by atoms with Crippen molar-refractivity contribution in [2.45, 2.75) is 6.54 Å². The monoisotopic (exact) mass is 270 g/mol. The summed E-state index contributed by atoms with van der Waals surface area (Å²) in [7, 11) is 0. The second kappa shape index (κ2) is 5.16. The van der Waals surface area contributed by atoms with Crippen LogP contribution in [0.5, 0.6) is 0 Å². The van der Waals surface area contributed by atoms with E-state index in [1.54, 1.807) is 17.5 Å². The van der Waals surface area contributed by atoms with Crippen LogP contribution in [0, 0.1) is 0 Å². The van der Waals surface area contributed by atoms with E-state index < -0.39 is 0 Å². The number of nitrogens with two attached hydrogens (primary N) is 1. The maximum atomic E-state index is 5.87. The van der Waals surface area contributed by atoms with Crippen LogP contribution in [-0.2, 0) is 6.54 Å². The molecule has 0 aliphatic rings. The van der Waals surface area contributed by atoms with Gasteiger partial charge in [-0.15, -0.1) is 11.3 Å². The average molecular weight is 270 g/mol. The second-order valence-electron chi connectivity index (χ2n) is 4.15. The first-order valence-electron chi connectivity index (χ1n) is 5.99. The molecule has 0 spiro atoms. The van der Waals surface area contributed by atoms with Gasteiger partial charge >= 0.3 is 0 Å². The third kappa shape index (κ3) is 2.61.